The molecule has 0 bridgehead atoms. The van der Waals surface area contributed by atoms with E-state index in [1.807, 2.05) is 6.92 Å². The number of ether oxygens (including phenoxy) is 1. The lowest BCUT2D eigenvalue weighted by Gasteiger charge is -2.19. The monoisotopic (exact) mass is 269 g/mol. The van der Waals surface area contributed by atoms with Gasteiger partial charge in [-0.15, -0.1) is 0 Å². The van der Waals surface area contributed by atoms with Gasteiger partial charge < -0.3 is 15.2 Å². The number of aliphatic hydroxyl groups excluding tert-OH is 1. The van der Waals surface area contributed by atoms with Crippen molar-refractivity contribution in [3.8, 4) is 5.75 Å². The van der Waals surface area contributed by atoms with Crippen LogP contribution in [0.3, 0.4) is 0 Å². The zero-order valence-corrected chi connectivity index (χ0v) is 12.1. The molecule has 1 rings (SSSR count). The summed E-state index contributed by atoms with van der Waals surface area (Å²) in [5, 5.41) is 13.1. The van der Waals surface area contributed by atoms with E-state index in [0.717, 1.165) is 12.0 Å². The largest absolute Gasteiger partial charge is 0.494 e. The molecule has 3 nitrogen and oxygen atoms in total. The molecule has 2 unspecified atom stereocenters. The number of nitrogens with one attached hydrogen (secondary N) is 1. The molecule has 0 heterocycles. The fourth-order valence-corrected chi connectivity index (χ4v) is 2.00. The summed E-state index contributed by atoms with van der Waals surface area (Å²) in [7, 11) is 1.45. The van der Waals surface area contributed by atoms with Gasteiger partial charge in [-0.25, -0.2) is 4.39 Å². The first-order chi connectivity index (χ1) is 8.93. The molecule has 2 N–H and O–H groups in total. The molecule has 0 aliphatic heterocycles. The van der Waals surface area contributed by atoms with Gasteiger partial charge in [0.1, 0.15) is 0 Å². The first kappa shape index (κ1) is 15.9. The molecule has 108 valence electrons. The summed E-state index contributed by atoms with van der Waals surface area (Å²) in [5.41, 5.74) is 0.940. The van der Waals surface area contributed by atoms with Gasteiger partial charge in [-0.05, 0) is 37.0 Å². The van der Waals surface area contributed by atoms with E-state index >= 15 is 0 Å². The smallest absolute Gasteiger partial charge is 0.165 e. The first-order valence-electron chi connectivity index (χ1n) is 6.69. The number of methoxy groups -OCH3 is 1. The number of hydrogen-bond acceptors (Lipinski definition) is 3. The van der Waals surface area contributed by atoms with Gasteiger partial charge >= 0.3 is 0 Å². The van der Waals surface area contributed by atoms with Crippen molar-refractivity contribution in [2.45, 2.75) is 39.3 Å². The number of halogens is 1. The predicted octanol–water partition coefficient (Wildman–Crippen LogP) is 2.89. The van der Waals surface area contributed by atoms with Crippen LogP contribution in [0, 0.1) is 11.7 Å². The summed E-state index contributed by atoms with van der Waals surface area (Å²) in [4.78, 5) is 0. The lowest BCUT2D eigenvalue weighted by molar-refractivity contribution is 0.143. The van der Waals surface area contributed by atoms with Gasteiger partial charge in [-0.2, -0.15) is 0 Å². The van der Waals surface area contributed by atoms with E-state index in [0.29, 0.717) is 12.5 Å². The molecular formula is C15H24FNO2. The molecule has 19 heavy (non-hydrogen) atoms. The zero-order valence-electron chi connectivity index (χ0n) is 12.1. The Balaban J connectivity index is 2.56. The molecule has 0 radical (unpaired) electrons. The van der Waals surface area contributed by atoms with Crippen LogP contribution in [0.4, 0.5) is 4.39 Å². The van der Waals surface area contributed by atoms with E-state index in [9.17, 15) is 9.50 Å². The molecule has 0 amide bonds. The van der Waals surface area contributed by atoms with Crippen molar-refractivity contribution in [1.29, 1.82) is 0 Å². The topological polar surface area (TPSA) is 41.5 Å². The summed E-state index contributed by atoms with van der Waals surface area (Å²) in [6.45, 7) is 6.67. The van der Waals surface area contributed by atoms with Crippen LogP contribution in [-0.2, 0) is 0 Å². The Labute approximate surface area is 114 Å². The van der Waals surface area contributed by atoms with E-state index in [-0.39, 0.29) is 23.7 Å². The first-order valence-corrected chi connectivity index (χ1v) is 6.69. The van der Waals surface area contributed by atoms with Crippen LogP contribution in [-0.4, -0.2) is 24.9 Å². The normalized spacial score (nSPS) is 14.5. The highest BCUT2D eigenvalue weighted by atomic mass is 19.1. The van der Waals surface area contributed by atoms with Gasteiger partial charge in [0.15, 0.2) is 11.6 Å². The van der Waals surface area contributed by atoms with Crippen molar-refractivity contribution in [3.05, 3.63) is 29.6 Å². The van der Waals surface area contributed by atoms with Crippen molar-refractivity contribution in [2.75, 3.05) is 13.7 Å². The highest BCUT2D eigenvalue weighted by Gasteiger charge is 2.12. The fraction of sp³-hybridized carbons (Fsp3) is 0.600. The molecule has 0 saturated heterocycles. The third-order valence-corrected chi connectivity index (χ3v) is 3.08. The lowest BCUT2D eigenvalue weighted by atomic mass is 10.0. The summed E-state index contributed by atoms with van der Waals surface area (Å²) >= 11 is 0. The number of hydrogen-bond donors (Lipinski definition) is 2. The van der Waals surface area contributed by atoms with Crippen LogP contribution < -0.4 is 10.1 Å². The fourth-order valence-electron chi connectivity index (χ4n) is 2.00. The molecule has 0 aromatic heterocycles. The number of aliphatic hydroxyl groups is 1. The molecular weight excluding hydrogens is 245 g/mol. The second-order valence-corrected chi connectivity index (χ2v) is 5.31. The van der Waals surface area contributed by atoms with Gasteiger partial charge in [-0.3, -0.25) is 0 Å². The number of rotatable bonds is 7. The maximum atomic E-state index is 13.3. The molecule has 0 aliphatic carbocycles. The summed E-state index contributed by atoms with van der Waals surface area (Å²) in [6, 6.07) is 4.85. The lowest BCUT2D eigenvalue weighted by Crippen LogP contribution is -2.30. The van der Waals surface area contributed by atoms with Gasteiger partial charge in [0.2, 0.25) is 0 Å². The minimum absolute atomic E-state index is 0.0383. The standard InChI is InChI=1S/C15H24FNO2/c1-10(2)7-13(18)9-17-11(3)12-5-6-14(16)15(8-12)19-4/h5-6,8,10-11,13,17-18H,7,9H2,1-4H3. The predicted molar refractivity (Wildman–Crippen MR) is 74.8 cm³/mol. The van der Waals surface area contributed by atoms with Crippen LogP contribution in [0.15, 0.2) is 18.2 Å². The van der Waals surface area contributed by atoms with Gasteiger partial charge in [0.25, 0.3) is 0 Å². The van der Waals surface area contributed by atoms with Crippen LogP contribution in [0.2, 0.25) is 0 Å². The van der Waals surface area contributed by atoms with Crippen molar-refractivity contribution < 1.29 is 14.2 Å². The Morgan fingerprint density at radius 3 is 2.58 bits per heavy atom. The van der Waals surface area contributed by atoms with E-state index in [2.05, 4.69) is 19.2 Å². The van der Waals surface area contributed by atoms with Crippen molar-refractivity contribution in [1.82, 2.24) is 5.32 Å². The van der Waals surface area contributed by atoms with E-state index in [4.69, 9.17) is 4.74 Å². The molecule has 1 aromatic carbocycles. The quantitative estimate of drug-likeness (QED) is 0.799. The average Bonchev–Trinajstić information content (AvgIpc) is 2.35. The summed E-state index contributed by atoms with van der Waals surface area (Å²) in [5.74, 6) is 0.352. The van der Waals surface area contributed by atoms with E-state index < -0.39 is 0 Å². The molecule has 4 heteroatoms. The Bertz CT molecular complexity index is 396. The van der Waals surface area contributed by atoms with Crippen molar-refractivity contribution >= 4 is 0 Å². The minimum atomic E-state index is -0.363. The molecule has 2 atom stereocenters. The summed E-state index contributed by atoms with van der Waals surface area (Å²) in [6.07, 6.45) is 0.414. The molecule has 0 fully saturated rings. The Hall–Kier alpha value is -1.13. The molecule has 0 aliphatic rings. The van der Waals surface area contributed by atoms with Gasteiger partial charge in [0, 0.05) is 12.6 Å². The molecule has 0 spiro atoms. The average molecular weight is 269 g/mol. The number of benzene rings is 1. The van der Waals surface area contributed by atoms with Crippen LogP contribution in [0.25, 0.3) is 0 Å². The van der Waals surface area contributed by atoms with Crippen LogP contribution in [0.1, 0.15) is 38.8 Å². The highest BCUT2D eigenvalue weighted by molar-refractivity contribution is 5.31. The third kappa shape index (κ3) is 5.17. The van der Waals surface area contributed by atoms with Crippen LogP contribution in [0.5, 0.6) is 5.75 Å². The van der Waals surface area contributed by atoms with Gasteiger partial charge in [-0.1, -0.05) is 19.9 Å². The van der Waals surface area contributed by atoms with Gasteiger partial charge in [0.05, 0.1) is 13.2 Å². The van der Waals surface area contributed by atoms with Crippen molar-refractivity contribution in [2.24, 2.45) is 5.92 Å². The van der Waals surface area contributed by atoms with E-state index in [1.54, 1.807) is 12.1 Å². The Kier molecular flexibility index (Phi) is 6.25. The van der Waals surface area contributed by atoms with Crippen LogP contribution >= 0.6 is 0 Å². The third-order valence-electron chi connectivity index (χ3n) is 3.08. The second-order valence-electron chi connectivity index (χ2n) is 5.31. The second kappa shape index (κ2) is 7.46. The minimum Gasteiger partial charge on any atom is -0.494 e. The summed E-state index contributed by atoms with van der Waals surface area (Å²) < 4.78 is 18.3. The highest BCUT2D eigenvalue weighted by Crippen LogP contribution is 2.22. The zero-order chi connectivity index (χ0) is 14.4. The molecule has 1 aromatic rings. The Morgan fingerprint density at radius 2 is 2.00 bits per heavy atom. The van der Waals surface area contributed by atoms with E-state index in [1.165, 1.54) is 13.2 Å². The maximum Gasteiger partial charge on any atom is 0.165 e. The SMILES string of the molecule is COc1cc(C(C)NCC(O)CC(C)C)ccc1F. The molecule has 0 saturated carbocycles. The Morgan fingerprint density at radius 1 is 1.32 bits per heavy atom. The van der Waals surface area contributed by atoms with Crippen molar-refractivity contribution in [3.63, 3.8) is 0 Å². The maximum absolute atomic E-state index is 13.3.